The molecule has 2 aliphatic rings. The van der Waals surface area contributed by atoms with Gasteiger partial charge in [-0.2, -0.15) is 4.31 Å². The van der Waals surface area contributed by atoms with Gasteiger partial charge in [-0.1, -0.05) is 35.9 Å². The van der Waals surface area contributed by atoms with Crippen molar-refractivity contribution in [2.24, 2.45) is 0 Å². The van der Waals surface area contributed by atoms with Crippen molar-refractivity contribution in [2.75, 3.05) is 19.6 Å². The van der Waals surface area contributed by atoms with Crippen LogP contribution in [0.4, 0.5) is 0 Å². The van der Waals surface area contributed by atoms with Gasteiger partial charge in [-0.3, -0.25) is 9.69 Å². The fourth-order valence-electron chi connectivity index (χ4n) is 4.38. The molecule has 166 valence electrons. The molecule has 2 aromatic carbocycles. The number of hydrogen-bond acceptors (Lipinski definition) is 4. The summed E-state index contributed by atoms with van der Waals surface area (Å²) in [5.74, 6) is -0.250. The van der Waals surface area contributed by atoms with E-state index in [0.29, 0.717) is 31.0 Å². The highest BCUT2D eigenvalue weighted by molar-refractivity contribution is 7.89. The second-order valence-corrected chi connectivity index (χ2v) is 10.6. The van der Waals surface area contributed by atoms with E-state index >= 15 is 0 Å². The predicted molar refractivity (Wildman–Crippen MR) is 121 cm³/mol. The lowest BCUT2D eigenvalue weighted by atomic mass is 10.1. The second-order valence-electron chi connectivity index (χ2n) is 8.25. The Labute approximate surface area is 189 Å². The fraction of sp³-hybridized carbons (Fsp3) is 0.435. The second kappa shape index (κ2) is 9.69. The molecule has 2 heterocycles. The first-order valence-electron chi connectivity index (χ1n) is 10.8. The molecule has 0 radical (unpaired) electrons. The maximum Gasteiger partial charge on any atom is 0.243 e. The number of likely N-dealkylation sites (tertiary alicyclic amines) is 1. The van der Waals surface area contributed by atoms with Crippen molar-refractivity contribution in [1.82, 2.24) is 14.5 Å². The average Bonchev–Trinajstić information content (AvgIpc) is 3.45. The standard InChI is InChI=1S/C23H28ClN3O3S/c24-20-8-10-21(11-9-20)31(29,30)27-14-4-7-22(27)23(28)25-16-18-5-3-6-19(15-18)17-26-12-1-2-13-26/h3,5-6,8-11,15,22H,1-2,4,7,12-14,16-17H2,(H,25,28)/t22-/m1/s1. The SMILES string of the molecule is O=C(NCc1cccc(CN2CCCC2)c1)[C@H]1CCCN1S(=O)(=O)c1ccc(Cl)cc1. The number of nitrogens with one attached hydrogen (secondary N) is 1. The van der Waals surface area contributed by atoms with Crippen molar-refractivity contribution in [3.63, 3.8) is 0 Å². The Bertz CT molecular complexity index is 1020. The van der Waals surface area contributed by atoms with E-state index in [9.17, 15) is 13.2 Å². The molecular formula is C23H28ClN3O3S. The molecule has 2 fully saturated rings. The molecule has 2 saturated heterocycles. The van der Waals surface area contributed by atoms with E-state index in [1.165, 1.54) is 34.8 Å². The highest BCUT2D eigenvalue weighted by Crippen LogP contribution is 2.27. The van der Waals surface area contributed by atoms with Crippen LogP contribution in [0.25, 0.3) is 0 Å². The predicted octanol–water partition coefficient (Wildman–Crippen LogP) is 3.41. The average molecular weight is 462 g/mol. The van der Waals surface area contributed by atoms with Crippen molar-refractivity contribution < 1.29 is 13.2 Å². The van der Waals surface area contributed by atoms with Crippen LogP contribution in [0.3, 0.4) is 0 Å². The van der Waals surface area contributed by atoms with E-state index in [-0.39, 0.29) is 10.8 Å². The van der Waals surface area contributed by atoms with Crippen LogP contribution < -0.4 is 5.32 Å². The maximum absolute atomic E-state index is 13.0. The van der Waals surface area contributed by atoms with Crippen LogP contribution in [0.1, 0.15) is 36.8 Å². The number of nitrogens with zero attached hydrogens (tertiary/aromatic N) is 2. The van der Waals surface area contributed by atoms with Crippen LogP contribution in [0, 0.1) is 0 Å². The molecule has 0 aliphatic carbocycles. The van der Waals surface area contributed by atoms with Crippen molar-refractivity contribution in [3.8, 4) is 0 Å². The molecule has 8 heteroatoms. The molecule has 0 unspecified atom stereocenters. The summed E-state index contributed by atoms with van der Waals surface area (Å²) < 4.78 is 27.4. The molecule has 2 aliphatic heterocycles. The zero-order valence-corrected chi connectivity index (χ0v) is 19.0. The third kappa shape index (κ3) is 5.29. The van der Waals surface area contributed by atoms with Crippen molar-refractivity contribution in [2.45, 2.75) is 49.7 Å². The molecule has 0 spiro atoms. The van der Waals surface area contributed by atoms with Gasteiger partial charge in [0, 0.05) is 24.7 Å². The summed E-state index contributed by atoms with van der Waals surface area (Å²) in [5, 5.41) is 3.42. The summed E-state index contributed by atoms with van der Waals surface area (Å²) in [6, 6.07) is 13.6. The van der Waals surface area contributed by atoms with E-state index in [4.69, 9.17) is 11.6 Å². The number of carbonyl (C=O) groups excluding carboxylic acids is 1. The third-order valence-electron chi connectivity index (χ3n) is 5.99. The van der Waals surface area contributed by atoms with Crippen LogP contribution in [0.2, 0.25) is 5.02 Å². The van der Waals surface area contributed by atoms with Gasteiger partial charge in [0.15, 0.2) is 0 Å². The lowest BCUT2D eigenvalue weighted by Gasteiger charge is -2.23. The first kappa shape index (κ1) is 22.3. The molecule has 2 aromatic rings. The van der Waals surface area contributed by atoms with Crippen LogP contribution >= 0.6 is 11.6 Å². The molecule has 1 atom stereocenters. The Kier molecular flexibility index (Phi) is 6.96. The largest absolute Gasteiger partial charge is 0.351 e. The first-order valence-corrected chi connectivity index (χ1v) is 12.6. The van der Waals surface area contributed by atoms with Crippen LogP contribution in [0.15, 0.2) is 53.4 Å². The summed E-state index contributed by atoms with van der Waals surface area (Å²) in [6.07, 6.45) is 3.70. The molecule has 1 amide bonds. The number of carbonyl (C=O) groups is 1. The Balaban J connectivity index is 1.39. The van der Waals surface area contributed by atoms with E-state index in [0.717, 1.165) is 25.2 Å². The molecule has 31 heavy (non-hydrogen) atoms. The van der Waals surface area contributed by atoms with Gasteiger partial charge in [-0.15, -0.1) is 0 Å². The fourth-order valence-corrected chi connectivity index (χ4v) is 6.16. The molecule has 6 nitrogen and oxygen atoms in total. The first-order chi connectivity index (χ1) is 14.9. The minimum absolute atomic E-state index is 0.159. The van der Waals surface area contributed by atoms with Gasteiger partial charge in [0.25, 0.3) is 0 Å². The lowest BCUT2D eigenvalue weighted by molar-refractivity contribution is -0.124. The highest BCUT2D eigenvalue weighted by Gasteiger charge is 2.39. The van der Waals surface area contributed by atoms with Gasteiger partial charge in [-0.25, -0.2) is 8.42 Å². The topological polar surface area (TPSA) is 69.7 Å². The van der Waals surface area contributed by atoms with E-state index in [2.05, 4.69) is 22.3 Å². The Morgan fingerprint density at radius 1 is 1.00 bits per heavy atom. The van der Waals surface area contributed by atoms with Gasteiger partial charge in [0.2, 0.25) is 15.9 Å². The molecule has 0 bridgehead atoms. The molecule has 0 aromatic heterocycles. The van der Waals surface area contributed by atoms with Crippen LogP contribution in [0.5, 0.6) is 0 Å². The zero-order valence-electron chi connectivity index (χ0n) is 17.5. The summed E-state index contributed by atoms with van der Waals surface area (Å²) >= 11 is 5.88. The normalized spacial score (nSPS) is 20.2. The number of amides is 1. The minimum atomic E-state index is -3.74. The van der Waals surface area contributed by atoms with Gasteiger partial charge in [0.1, 0.15) is 6.04 Å². The zero-order chi connectivity index (χ0) is 21.8. The van der Waals surface area contributed by atoms with Crippen LogP contribution in [-0.4, -0.2) is 49.2 Å². The molecule has 4 rings (SSSR count). The smallest absolute Gasteiger partial charge is 0.243 e. The number of rotatable bonds is 7. The molecule has 0 saturated carbocycles. The van der Waals surface area contributed by atoms with Gasteiger partial charge in [-0.05, 0) is 74.2 Å². The number of halogens is 1. The van der Waals surface area contributed by atoms with E-state index < -0.39 is 16.1 Å². The summed E-state index contributed by atoms with van der Waals surface area (Å²) in [7, 11) is -3.74. The van der Waals surface area contributed by atoms with E-state index in [1.807, 2.05) is 12.1 Å². The van der Waals surface area contributed by atoms with Crippen LogP contribution in [-0.2, 0) is 27.9 Å². The number of sulfonamides is 1. The third-order valence-corrected chi connectivity index (χ3v) is 8.16. The quantitative estimate of drug-likeness (QED) is 0.686. The Morgan fingerprint density at radius 3 is 2.45 bits per heavy atom. The Morgan fingerprint density at radius 2 is 1.71 bits per heavy atom. The minimum Gasteiger partial charge on any atom is -0.351 e. The maximum atomic E-state index is 13.0. The van der Waals surface area contributed by atoms with Crippen molar-refractivity contribution in [1.29, 1.82) is 0 Å². The Hall–Kier alpha value is -1.93. The van der Waals surface area contributed by atoms with Gasteiger partial charge >= 0.3 is 0 Å². The van der Waals surface area contributed by atoms with Crippen molar-refractivity contribution in [3.05, 3.63) is 64.7 Å². The lowest BCUT2D eigenvalue weighted by Crippen LogP contribution is -2.45. The summed E-state index contributed by atoms with van der Waals surface area (Å²) in [6.45, 7) is 3.94. The molecular weight excluding hydrogens is 434 g/mol. The van der Waals surface area contributed by atoms with Crippen molar-refractivity contribution >= 4 is 27.5 Å². The van der Waals surface area contributed by atoms with Gasteiger partial charge in [0.05, 0.1) is 4.90 Å². The number of benzene rings is 2. The summed E-state index contributed by atoms with van der Waals surface area (Å²) in [5.41, 5.74) is 2.26. The van der Waals surface area contributed by atoms with E-state index in [1.54, 1.807) is 12.1 Å². The summed E-state index contributed by atoms with van der Waals surface area (Å²) in [4.78, 5) is 15.5. The highest BCUT2D eigenvalue weighted by atomic mass is 35.5. The monoisotopic (exact) mass is 461 g/mol. The van der Waals surface area contributed by atoms with Gasteiger partial charge < -0.3 is 5.32 Å². The number of hydrogen-bond donors (Lipinski definition) is 1. The molecule has 1 N–H and O–H groups in total.